The fraction of sp³-hybridized carbons (Fsp3) is 0.364. The van der Waals surface area contributed by atoms with Crippen LogP contribution >= 0.6 is 11.3 Å². The Kier molecular flexibility index (Phi) is 3.61. The van der Waals surface area contributed by atoms with Crippen molar-refractivity contribution in [3.63, 3.8) is 0 Å². The molecule has 1 amide bonds. The number of nitrogen functional groups attached to an aromatic ring is 1. The second-order valence-electron chi connectivity index (χ2n) is 3.83. The van der Waals surface area contributed by atoms with Crippen molar-refractivity contribution >= 4 is 39.2 Å². The van der Waals surface area contributed by atoms with Gasteiger partial charge in [0.1, 0.15) is 16.7 Å². The van der Waals surface area contributed by atoms with Crippen molar-refractivity contribution in [2.24, 2.45) is 0 Å². The molecule has 0 aliphatic heterocycles. The van der Waals surface area contributed by atoms with Crippen LogP contribution in [0.4, 0.5) is 11.8 Å². The number of aromatic nitrogens is 2. The number of carbonyl (C=O) groups is 1. The zero-order valence-corrected chi connectivity index (χ0v) is 11.0. The summed E-state index contributed by atoms with van der Waals surface area (Å²) >= 11 is 1.49. The van der Waals surface area contributed by atoms with E-state index in [0.717, 1.165) is 10.2 Å². The molecule has 2 heterocycles. The van der Waals surface area contributed by atoms with Crippen molar-refractivity contribution in [1.82, 2.24) is 15.3 Å². The van der Waals surface area contributed by atoms with Crippen molar-refractivity contribution in [1.29, 1.82) is 0 Å². The second-order valence-corrected chi connectivity index (χ2v) is 4.73. The van der Waals surface area contributed by atoms with E-state index in [2.05, 4.69) is 20.6 Å². The first-order chi connectivity index (χ1) is 8.61. The van der Waals surface area contributed by atoms with Gasteiger partial charge in [0.2, 0.25) is 11.9 Å². The Labute approximate surface area is 109 Å². The number of nitrogens with two attached hydrogens (primary N) is 1. The van der Waals surface area contributed by atoms with Gasteiger partial charge >= 0.3 is 0 Å². The Morgan fingerprint density at radius 3 is 3.06 bits per heavy atom. The van der Waals surface area contributed by atoms with Gasteiger partial charge in [-0.3, -0.25) is 4.79 Å². The van der Waals surface area contributed by atoms with Crippen molar-refractivity contribution < 1.29 is 4.79 Å². The molecule has 0 fully saturated rings. The third kappa shape index (κ3) is 2.51. The van der Waals surface area contributed by atoms with Crippen LogP contribution in [-0.4, -0.2) is 28.5 Å². The molecule has 0 aliphatic rings. The lowest BCUT2D eigenvalue weighted by Crippen LogP contribution is -2.37. The van der Waals surface area contributed by atoms with Crippen LogP contribution in [0.1, 0.15) is 13.8 Å². The number of hydrogen-bond donors (Lipinski definition) is 3. The van der Waals surface area contributed by atoms with E-state index >= 15 is 0 Å². The smallest absolute Gasteiger partial charge is 0.242 e. The van der Waals surface area contributed by atoms with Crippen molar-refractivity contribution in [3.8, 4) is 0 Å². The van der Waals surface area contributed by atoms with Crippen LogP contribution in [0.25, 0.3) is 10.2 Å². The van der Waals surface area contributed by atoms with E-state index < -0.39 is 0 Å². The molecule has 6 nitrogen and oxygen atoms in total. The fourth-order valence-corrected chi connectivity index (χ4v) is 2.35. The second kappa shape index (κ2) is 5.18. The highest BCUT2D eigenvalue weighted by Gasteiger charge is 2.15. The average Bonchev–Trinajstić information content (AvgIpc) is 2.77. The van der Waals surface area contributed by atoms with E-state index in [1.807, 2.05) is 18.4 Å². The van der Waals surface area contributed by atoms with Gasteiger partial charge in [-0.1, -0.05) is 0 Å². The maximum absolute atomic E-state index is 11.7. The molecule has 2 aromatic heterocycles. The summed E-state index contributed by atoms with van der Waals surface area (Å²) in [5.74, 6) is 0.728. The highest BCUT2D eigenvalue weighted by Crippen LogP contribution is 2.25. The molecule has 96 valence electrons. The van der Waals surface area contributed by atoms with Crippen molar-refractivity contribution in [2.75, 3.05) is 17.6 Å². The maximum atomic E-state index is 11.7. The molecule has 2 aromatic rings. The van der Waals surface area contributed by atoms with E-state index in [1.165, 1.54) is 11.3 Å². The molecule has 0 spiro atoms. The Morgan fingerprint density at radius 1 is 1.56 bits per heavy atom. The zero-order valence-electron chi connectivity index (χ0n) is 10.2. The Balaban J connectivity index is 2.25. The van der Waals surface area contributed by atoms with Gasteiger partial charge in [-0.15, -0.1) is 11.3 Å². The summed E-state index contributed by atoms with van der Waals surface area (Å²) in [6.45, 7) is 4.26. The third-order valence-electron chi connectivity index (χ3n) is 2.44. The van der Waals surface area contributed by atoms with E-state index in [4.69, 9.17) is 5.73 Å². The lowest BCUT2D eigenvalue weighted by molar-refractivity contribution is -0.121. The number of likely N-dealkylation sites (N-methyl/N-ethyl adjacent to an activating group) is 1. The van der Waals surface area contributed by atoms with E-state index in [-0.39, 0.29) is 17.9 Å². The number of hydrogen-bond acceptors (Lipinski definition) is 6. The van der Waals surface area contributed by atoms with Crippen LogP contribution in [0.2, 0.25) is 0 Å². The van der Waals surface area contributed by atoms with Crippen LogP contribution < -0.4 is 16.4 Å². The number of thiophene rings is 1. The standard InChI is InChI=1S/C11H15N5OS/c1-3-13-9(17)6(2)14-8-7-4-5-18-10(7)16-11(12)15-8/h4-6H,3H2,1-2H3,(H,13,17)(H3,12,14,15,16). The molecular weight excluding hydrogens is 250 g/mol. The van der Waals surface area contributed by atoms with E-state index in [0.29, 0.717) is 12.4 Å². The van der Waals surface area contributed by atoms with Gasteiger partial charge in [0.25, 0.3) is 0 Å². The van der Waals surface area contributed by atoms with Crippen LogP contribution in [-0.2, 0) is 4.79 Å². The molecular formula is C11H15N5OS. The minimum absolute atomic E-state index is 0.0712. The monoisotopic (exact) mass is 265 g/mol. The zero-order chi connectivity index (χ0) is 13.1. The first kappa shape index (κ1) is 12.6. The Hall–Kier alpha value is -1.89. The van der Waals surface area contributed by atoms with Crippen LogP contribution in [0.5, 0.6) is 0 Å². The third-order valence-corrected chi connectivity index (χ3v) is 3.25. The summed E-state index contributed by atoms with van der Waals surface area (Å²) in [4.78, 5) is 20.7. The van der Waals surface area contributed by atoms with Crippen LogP contribution in [0, 0.1) is 0 Å². The van der Waals surface area contributed by atoms with Crippen molar-refractivity contribution in [2.45, 2.75) is 19.9 Å². The molecule has 1 atom stereocenters. The Bertz CT molecular complexity index is 568. The number of anilines is 2. The molecule has 1 unspecified atom stereocenters. The number of nitrogens with zero attached hydrogens (tertiary/aromatic N) is 2. The maximum Gasteiger partial charge on any atom is 0.242 e. The largest absolute Gasteiger partial charge is 0.368 e. The van der Waals surface area contributed by atoms with Gasteiger partial charge in [-0.2, -0.15) is 4.98 Å². The topological polar surface area (TPSA) is 92.9 Å². The van der Waals surface area contributed by atoms with Crippen LogP contribution in [0.15, 0.2) is 11.4 Å². The quantitative estimate of drug-likeness (QED) is 0.772. The number of amides is 1. The molecule has 0 saturated heterocycles. The highest BCUT2D eigenvalue weighted by molar-refractivity contribution is 7.16. The van der Waals surface area contributed by atoms with E-state index in [9.17, 15) is 4.79 Å². The first-order valence-electron chi connectivity index (χ1n) is 5.66. The summed E-state index contributed by atoms with van der Waals surface area (Å²) < 4.78 is 0. The van der Waals surface area contributed by atoms with Gasteiger partial charge in [0, 0.05) is 6.54 Å². The molecule has 0 aromatic carbocycles. The van der Waals surface area contributed by atoms with E-state index in [1.54, 1.807) is 6.92 Å². The molecule has 4 N–H and O–H groups in total. The van der Waals surface area contributed by atoms with Gasteiger partial charge < -0.3 is 16.4 Å². The van der Waals surface area contributed by atoms with Gasteiger partial charge in [0.15, 0.2) is 0 Å². The van der Waals surface area contributed by atoms with Gasteiger partial charge in [-0.05, 0) is 25.3 Å². The highest BCUT2D eigenvalue weighted by atomic mass is 32.1. The van der Waals surface area contributed by atoms with Crippen molar-refractivity contribution in [3.05, 3.63) is 11.4 Å². The molecule has 0 bridgehead atoms. The predicted octanol–water partition coefficient (Wildman–Crippen LogP) is 1.21. The number of carbonyl (C=O) groups excluding carboxylic acids is 1. The molecule has 0 radical (unpaired) electrons. The molecule has 7 heteroatoms. The van der Waals surface area contributed by atoms with Gasteiger partial charge in [0.05, 0.1) is 5.39 Å². The van der Waals surface area contributed by atoms with Crippen LogP contribution in [0.3, 0.4) is 0 Å². The summed E-state index contributed by atoms with van der Waals surface area (Å²) in [5.41, 5.74) is 5.64. The van der Waals surface area contributed by atoms with Gasteiger partial charge in [-0.25, -0.2) is 4.98 Å². The molecule has 2 rings (SSSR count). The number of rotatable bonds is 4. The lowest BCUT2D eigenvalue weighted by Gasteiger charge is -2.14. The Morgan fingerprint density at radius 2 is 2.33 bits per heavy atom. The fourth-order valence-electron chi connectivity index (χ4n) is 1.58. The summed E-state index contributed by atoms with van der Waals surface area (Å²) in [7, 11) is 0. The summed E-state index contributed by atoms with van der Waals surface area (Å²) in [6, 6.07) is 1.54. The minimum atomic E-state index is -0.373. The molecule has 18 heavy (non-hydrogen) atoms. The molecule has 0 saturated carbocycles. The number of fused-ring (bicyclic) bond motifs is 1. The normalized spacial score (nSPS) is 12.3. The lowest BCUT2D eigenvalue weighted by atomic mass is 10.3. The summed E-state index contributed by atoms with van der Waals surface area (Å²) in [5, 5.41) is 8.61. The predicted molar refractivity (Wildman–Crippen MR) is 73.6 cm³/mol. The molecule has 0 aliphatic carbocycles. The summed E-state index contributed by atoms with van der Waals surface area (Å²) in [6.07, 6.45) is 0. The number of nitrogens with one attached hydrogen (secondary N) is 2. The SMILES string of the molecule is CCNC(=O)C(C)Nc1nc(N)nc2sccc12. The minimum Gasteiger partial charge on any atom is -0.368 e. The average molecular weight is 265 g/mol. The first-order valence-corrected chi connectivity index (χ1v) is 6.54.